The summed E-state index contributed by atoms with van der Waals surface area (Å²) in [7, 11) is 3.42. The van der Waals surface area contributed by atoms with Crippen molar-refractivity contribution in [3.63, 3.8) is 0 Å². The second-order valence-electron chi connectivity index (χ2n) is 7.69. The Kier molecular flexibility index (Phi) is 3.59. The topological polar surface area (TPSA) is 62.6 Å². The van der Waals surface area contributed by atoms with Crippen molar-refractivity contribution in [3.8, 4) is 11.9 Å². The van der Waals surface area contributed by atoms with E-state index in [9.17, 15) is 10.1 Å². The molecule has 1 aliphatic heterocycles. The van der Waals surface area contributed by atoms with E-state index in [1.807, 2.05) is 11.0 Å². The molecule has 4 atom stereocenters. The molecule has 1 aromatic rings. The summed E-state index contributed by atoms with van der Waals surface area (Å²) in [6.45, 7) is 2.78. The molecule has 4 rings (SSSR count). The highest BCUT2D eigenvalue weighted by Crippen LogP contribution is 2.61. The number of Topliss-reactive ketones (excluding diaryl/α,β-unsaturated/α-hetero) is 1. The molecule has 0 aromatic heterocycles. The average molecular weight is 340 g/mol. The van der Waals surface area contributed by atoms with Crippen LogP contribution in [-0.2, 0) is 21.4 Å². The van der Waals surface area contributed by atoms with E-state index in [0.29, 0.717) is 25.2 Å². The third-order valence-corrected chi connectivity index (χ3v) is 6.88. The Morgan fingerprint density at radius 3 is 2.80 bits per heavy atom. The molecule has 132 valence electrons. The fraction of sp³-hybridized carbons (Fsp3) is 0.600. The Morgan fingerprint density at radius 1 is 1.32 bits per heavy atom. The zero-order chi connectivity index (χ0) is 17.8. The Bertz CT molecular complexity index is 771. The van der Waals surface area contributed by atoms with Crippen LogP contribution in [0.15, 0.2) is 18.2 Å². The lowest BCUT2D eigenvalue weighted by Crippen LogP contribution is -2.75. The van der Waals surface area contributed by atoms with Crippen LogP contribution in [0.1, 0.15) is 37.3 Å². The summed E-state index contributed by atoms with van der Waals surface area (Å²) >= 11 is 0. The summed E-state index contributed by atoms with van der Waals surface area (Å²) in [5.41, 5.74) is 1.49. The van der Waals surface area contributed by atoms with Crippen LogP contribution < -0.4 is 4.74 Å². The summed E-state index contributed by atoms with van der Waals surface area (Å²) < 4.78 is 11.7. The van der Waals surface area contributed by atoms with Crippen molar-refractivity contribution in [2.24, 2.45) is 5.92 Å². The van der Waals surface area contributed by atoms with E-state index in [-0.39, 0.29) is 17.4 Å². The molecule has 3 aliphatic rings. The Balaban J connectivity index is 2.01. The second kappa shape index (κ2) is 5.47. The first kappa shape index (κ1) is 16.4. The molecule has 0 spiro atoms. The molecule has 0 radical (unpaired) electrons. The van der Waals surface area contributed by atoms with Crippen molar-refractivity contribution >= 4 is 5.78 Å². The maximum atomic E-state index is 12.6. The van der Waals surface area contributed by atoms with Crippen LogP contribution in [0.4, 0.5) is 0 Å². The lowest BCUT2D eigenvalue weighted by atomic mass is 9.46. The molecule has 5 nitrogen and oxygen atoms in total. The van der Waals surface area contributed by atoms with Gasteiger partial charge in [-0.1, -0.05) is 13.0 Å². The number of ketones is 1. The number of methoxy groups -OCH3 is 2. The summed E-state index contributed by atoms with van der Waals surface area (Å²) in [5.74, 6) is 1.17. The van der Waals surface area contributed by atoms with Gasteiger partial charge < -0.3 is 14.4 Å². The number of carbonyl (C=O) groups excluding carboxylic acids is 1. The Labute approximate surface area is 148 Å². The largest absolute Gasteiger partial charge is 0.497 e. The molecule has 0 amide bonds. The van der Waals surface area contributed by atoms with E-state index in [4.69, 9.17) is 9.47 Å². The zero-order valence-corrected chi connectivity index (χ0v) is 15.0. The van der Waals surface area contributed by atoms with Gasteiger partial charge >= 0.3 is 0 Å². The van der Waals surface area contributed by atoms with E-state index in [1.165, 1.54) is 11.1 Å². The van der Waals surface area contributed by atoms with Crippen molar-refractivity contribution in [1.82, 2.24) is 4.90 Å². The van der Waals surface area contributed by atoms with Gasteiger partial charge in [0.2, 0.25) is 0 Å². The zero-order valence-electron chi connectivity index (χ0n) is 15.0. The van der Waals surface area contributed by atoms with Crippen molar-refractivity contribution in [3.05, 3.63) is 29.3 Å². The molecule has 1 heterocycles. The first-order valence-corrected chi connectivity index (χ1v) is 8.93. The van der Waals surface area contributed by atoms with Crippen molar-refractivity contribution in [2.45, 2.75) is 49.7 Å². The monoisotopic (exact) mass is 340 g/mol. The number of nitriles is 1. The molecule has 5 heteroatoms. The lowest BCUT2D eigenvalue weighted by molar-refractivity contribution is -0.201. The van der Waals surface area contributed by atoms with Gasteiger partial charge in [0.15, 0.2) is 6.19 Å². The predicted octanol–water partition coefficient (Wildman–Crippen LogP) is 2.43. The molecule has 25 heavy (non-hydrogen) atoms. The molecule has 1 aromatic carbocycles. The number of hydrogen-bond donors (Lipinski definition) is 0. The van der Waals surface area contributed by atoms with Crippen molar-refractivity contribution in [2.75, 3.05) is 20.8 Å². The van der Waals surface area contributed by atoms with Crippen molar-refractivity contribution in [1.29, 1.82) is 5.26 Å². The summed E-state index contributed by atoms with van der Waals surface area (Å²) in [5, 5.41) is 9.70. The van der Waals surface area contributed by atoms with E-state index in [1.54, 1.807) is 14.2 Å². The fourth-order valence-electron chi connectivity index (χ4n) is 6.01. The number of benzene rings is 1. The number of piperidine rings is 1. The highest BCUT2D eigenvalue weighted by molar-refractivity contribution is 5.83. The van der Waals surface area contributed by atoms with Gasteiger partial charge in [-0.2, -0.15) is 5.26 Å². The first-order chi connectivity index (χ1) is 12.0. The lowest BCUT2D eigenvalue weighted by Gasteiger charge is -2.66. The van der Waals surface area contributed by atoms with E-state index < -0.39 is 5.60 Å². The molecule has 2 aliphatic carbocycles. The standard InChI is InChI=1S/C20H24N2O3/c1-13-8-15(23)11-19-6-7-22(12-21)18(20(13,19)25-3)9-14-4-5-16(24-2)10-17(14)19/h4-5,10,13,18H,6-9,11H2,1-3H3/t13-,18+,19+,20+/m0/s1. The molecule has 0 N–H and O–H groups in total. The number of nitrogens with zero attached hydrogens (tertiary/aromatic N) is 2. The summed E-state index contributed by atoms with van der Waals surface area (Å²) in [6.07, 6.45) is 4.90. The highest BCUT2D eigenvalue weighted by atomic mass is 16.5. The SMILES string of the molecule is COc1ccc2c(c1)[C@]13CCN(C#N)[C@H](C2)[C@]1(OC)[C@@H](C)CC(=O)C3. The van der Waals surface area contributed by atoms with Crippen molar-refractivity contribution < 1.29 is 14.3 Å². The summed E-state index contributed by atoms with van der Waals surface area (Å²) in [6, 6.07) is 6.12. The number of likely N-dealkylation sites (tertiary alicyclic amines) is 1. The number of fused-ring (bicyclic) bond motifs is 1. The third kappa shape index (κ3) is 1.89. The normalized spacial score (nSPS) is 36.2. The first-order valence-electron chi connectivity index (χ1n) is 8.93. The number of ether oxygens (including phenoxy) is 2. The van der Waals surface area contributed by atoms with Gasteiger partial charge in [0.25, 0.3) is 0 Å². The number of rotatable bonds is 2. The van der Waals surface area contributed by atoms with Gasteiger partial charge in [-0.15, -0.1) is 0 Å². The van der Waals surface area contributed by atoms with Gasteiger partial charge in [-0.25, -0.2) is 0 Å². The van der Waals surface area contributed by atoms with Crippen LogP contribution in [0.5, 0.6) is 5.75 Å². The Morgan fingerprint density at radius 2 is 2.12 bits per heavy atom. The fourth-order valence-corrected chi connectivity index (χ4v) is 6.01. The smallest absolute Gasteiger partial charge is 0.179 e. The van der Waals surface area contributed by atoms with Gasteiger partial charge in [-0.3, -0.25) is 4.79 Å². The summed E-state index contributed by atoms with van der Waals surface area (Å²) in [4.78, 5) is 14.5. The minimum atomic E-state index is -0.520. The molecular weight excluding hydrogens is 316 g/mol. The minimum Gasteiger partial charge on any atom is -0.497 e. The molecule has 2 fully saturated rings. The molecule has 0 unspecified atom stereocenters. The van der Waals surface area contributed by atoms with Crippen LogP contribution in [0, 0.1) is 17.4 Å². The van der Waals surface area contributed by atoms with E-state index in [0.717, 1.165) is 18.6 Å². The predicted molar refractivity (Wildman–Crippen MR) is 92.2 cm³/mol. The van der Waals surface area contributed by atoms with Gasteiger partial charge in [0.1, 0.15) is 17.1 Å². The van der Waals surface area contributed by atoms with Crippen LogP contribution in [-0.4, -0.2) is 43.1 Å². The molecule has 1 saturated heterocycles. The maximum absolute atomic E-state index is 12.6. The van der Waals surface area contributed by atoms with Crippen LogP contribution in [0.2, 0.25) is 0 Å². The van der Waals surface area contributed by atoms with Crippen LogP contribution in [0.3, 0.4) is 0 Å². The Hall–Kier alpha value is -2.06. The second-order valence-corrected chi connectivity index (χ2v) is 7.69. The third-order valence-electron chi connectivity index (χ3n) is 6.88. The van der Waals surface area contributed by atoms with E-state index >= 15 is 0 Å². The average Bonchev–Trinajstić information content (AvgIpc) is 2.61. The van der Waals surface area contributed by atoms with Gasteiger partial charge in [-0.05, 0) is 42.0 Å². The molecule has 2 bridgehead atoms. The highest BCUT2D eigenvalue weighted by Gasteiger charge is 2.68. The molecular formula is C20H24N2O3. The van der Waals surface area contributed by atoms with Gasteiger partial charge in [0.05, 0.1) is 13.2 Å². The van der Waals surface area contributed by atoms with Crippen LogP contribution >= 0.6 is 0 Å². The quantitative estimate of drug-likeness (QED) is 0.774. The van der Waals surface area contributed by atoms with Gasteiger partial charge in [0, 0.05) is 31.9 Å². The minimum absolute atomic E-state index is 0.0276. The van der Waals surface area contributed by atoms with Crippen LogP contribution in [0.25, 0.3) is 0 Å². The molecule has 1 saturated carbocycles. The number of hydrogen-bond acceptors (Lipinski definition) is 5. The van der Waals surface area contributed by atoms with E-state index in [2.05, 4.69) is 25.2 Å². The maximum Gasteiger partial charge on any atom is 0.179 e. The number of carbonyl (C=O) groups is 1.